The van der Waals surface area contributed by atoms with E-state index in [1.54, 1.807) is 0 Å². The fourth-order valence-corrected chi connectivity index (χ4v) is 8.74. The molecule has 6 heteroatoms. The van der Waals surface area contributed by atoms with Gasteiger partial charge in [-0.05, 0) is 148 Å². The molecule has 0 rings (SSSR count). The number of allylic oxidation sites excluding steroid dienone is 26. The van der Waals surface area contributed by atoms with Crippen LogP contribution in [-0.4, -0.2) is 37.2 Å². The fourth-order valence-electron chi connectivity index (χ4n) is 8.74. The second-order valence-electron chi connectivity index (χ2n) is 21.6. The van der Waals surface area contributed by atoms with E-state index in [0.717, 1.165) is 141 Å². The van der Waals surface area contributed by atoms with Gasteiger partial charge in [0.1, 0.15) is 13.2 Å². The van der Waals surface area contributed by atoms with Gasteiger partial charge in [-0.15, -0.1) is 0 Å². The van der Waals surface area contributed by atoms with E-state index in [2.05, 4.69) is 179 Å². The van der Waals surface area contributed by atoms with Gasteiger partial charge in [0.2, 0.25) is 0 Å². The van der Waals surface area contributed by atoms with E-state index in [1.807, 2.05) is 0 Å². The van der Waals surface area contributed by atoms with Crippen molar-refractivity contribution in [1.82, 2.24) is 0 Å². The van der Waals surface area contributed by atoms with E-state index in [1.165, 1.54) is 96.3 Å². The van der Waals surface area contributed by atoms with Crippen LogP contribution in [-0.2, 0) is 28.6 Å². The maximum Gasteiger partial charge on any atom is 0.306 e. The molecule has 82 heavy (non-hydrogen) atoms. The van der Waals surface area contributed by atoms with Crippen molar-refractivity contribution in [2.24, 2.45) is 0 Å². The largest absolute Gasteiger partial charge is 0.462 e. The Kier molecular flexibility index (Phi) is 64.4. The van der Waals surface area contributed by atoms with Gasteiger partial charge in [0.15, 0.2) is 6.10 Å². The highest BCUT2D eigenvalue weighted by Gasteiger charge is 2.19. The van der Waals surface area contributed by atoms with Crippen LogP contribution in [0.15, 0.2) is 158 Å². The molecule has 0 saturated heterocycles. The maximum absolute atomic E-state index is 12.9. The Balaban J connectivity index is 4.35. The summed E-state index contributed by atoms with van der Waals surface area (Å²) < 4.78 is 16.8. The lowest BCUT2D eigenvalue weighted by Gasteiger charge is -2.18. The summed E-state index contributed by atoms with van der Waals surface area (Å²) in [6.45, 7) is 6.41. The Hall–Kier alpha value is -4.97. The van der Waals surface area contributed by atoms with Crippen LogP contribution in [0.4, 0.5) is 0 Å². The van der Waals surface area contributed by atoms with Crippen LogP contribution < -0.4 is 0 Å². The lowest BCUT2D eigenvalue weighted by atomic mass is 10.1. The number of carbonyl (C=O) groups excluding carboxylic acids is 3. The lowest BCUT2D eigenvalue weighted by Crippen LogP contribution is -2.30. The molecular weight excluding hydrogens is 1010 g/mol. The van der Waals surface area contributed by atoms with E-state index in [0.29, 0.717) is 25.7 Å². The molecule has 0 spiro atoms. The summed E-state index contributed by atoms with van der Waals surface area (Å²) in [5.41, 5.74) is 0. The Bertz CT molecular complexity index is 1830. The molecule has 0 aromatic carbocycles. The zero-order chi connectivity index (χ0) is 59.2. The highest BCUT2D eigenvalue weighted by Crippen LogP contribution is 2.15. The van der Waals surface area contributed by atoms with Gasteiger partial charge in [0.25, 0.3) is 0 Å². The third-order valence-corrected chi connectivity index (χ3v) is 13.7. The summed E-state index contributed by atoms with van der Waals surface area (Å²) in [6, 6.07) is 0. The van der Waals surface area contributed by atoms with Crippen LogP contribution in [0.5, 0.6) is 0 Å². The average molecular weight is 1130 g/mol. The number of carbonyl (C=O) groups is 3. The quantitative estimate of drug-likeness (QED) is 0.0261. The molecule has 1 unspecified atom stereocenters. The summed E-state index contributed by atoms with van der Waals surface area (Å²) in [5.74, 6) is -0.965. The van der Waals surface area contributed by atoms with Gasteiger partial charge < -0.3 is 14.2 Å². The number of hydrogen-bond donors (Lipinski definition) is 0. The van der Waals surface area contributed by atoms with Gasteiger partial charge >= 0.3 is 17.9 Å². The van der Waals surface area contributed by atoms with Crippen molar-refractivity contribution < 1.29 is 28.6 Å². The molecular formula is C76H122O6. The number of unbranched alkanes of at least 4 members (excludes halogenated alkanes) is 22. The Morgan fingerprint density at radius 1 is 0.256 bits per heavy atom. The average Bonchev–Trinajstić information content (AvgIpc) is 3.48. The van der Waals surface area contributed by atoms with Crippen LogP contribution in [0.25, 0.3) is 0 Å². The second-order valence-corrected chi connectivity index (χ2v) is 21.6. The van der Waals surface area contributed by atoms with Crippen LogP contribution >= 0.6 is 0 Å². The van der Waals surface area contributed by atoms with Crippen LogP contribution in [0, 0.1) is 0 Å². The minimum Gasteiger partial charge on any atom is -0.462 e. The molecule has 0 radical (unpaired) electrons. The molecule has 0 heterocycles. The Morgan fingerprint density at radius 2 is 0.500 bits per heavy atom. The Morgan fingerprint density at radius 3 is 0.829 bits per heavy atom. The van der Waals surface area contributed by atoms with Crippen molar-refractivity contribution in [3.8, 4) is 0 Å². The van der Waals surface area contributed by atoms with E-state index in [9.17, 15) is 14.4 Å². The SMILES string of the molecule is CC/C=C\C/C=C\C/C=C\C/C=C\C/C=C\C/C=C\C/C=C\C/C=C\C/C=C\C/C=C\CCCCC(=O)OCC(COC(=O)CCCCCCC/C=C\CCC)OC(=O)CCCCCCCCCCC/C=C\C/C=C\CCCCCCC. The van der Waals surface area contributed by atoms with Crippen molar-refractivity contribution in [2.45, 2.75) is 290 Å². The summed E-state index contributed by atoms with van der Waals surface area (Å²) >= 11 is 0. The molecule has 0 aliphatic carbocycles. The first-order valence-electron chi connectivity index (χ1n) is 33.5. The highest BCUT2D eigenvalue weighted by molar-refractivity contribution is 5.71. The van der Waals surface area contributed by atoms with Crippen molar-refractivity contribution in [2.75, 3.05) is 13.2 Å². The zero-order valence-electron chi connectivity index (χ0n) is 52.9. The minimum absolute atomic E-state index is 0.103. The summed E-state index contributed by atoms with van der Waals surface area (Å²) in [6.07, 6.45) is 99.8. The first-order valence-corrected chi connectivity index (χ1v) is 33.5. The lowest BCUT2D eigenvalue weighted by molar-refractivity contribution is -0.167. The number of ether oxygens (including phenoxy) is 3. The van der Waals surface area contributed by atoms with Gasteiger partial charge in [-0.2, -0.15) is 0 Å². The highest BCUT2D eigenvalue weighted by atomic mass is 16.6. The van der Waals surface area contributed by atoms with Gasteiger partial charge in [0.05, 0.1) is 0 Å². The molecule has 0 aromatic rings. The summed E-state index contributed by atoms with van der Waals surface area (Å²) in [4.78, 5) is 38.2. The van der Waals surface area contributed by atoms with E-state index in [4.69, 9.17) is 14.2 Å². The van der Waals surface area contributed by atoms with E-state index < -0.39 is 6.10 Å². The van der Waals surface area contributed by atoms with Gasteiger partial charge in [-0.3, -0.25) is 14.4 Å². The van der Waals surface area contributed by atoms with Gasteiger partial charge in [-0.25, -0.2) is 0 Å². The maximum atomic E-state index is 12.9. The first-order chi connectivity index (χ1) is 40.5. The predicted molar refractivity (Wildman–Crippen MR) is 357 cm³/mol. The third-order valence-electron chi connectivity index (χ3n) is 13.7. The molecule has 0 fully saturated rings. The standard InChI is InChI=1S/C76H122O6/c1-4-7-10-13-16-19-22-24-26-28-30-32-33-34-35-36-37-38-39-40-41-42-43-45-46-48-50-52-54-57-60-63-66-69-75(78)81-72-73(71-80-74(77)68-65-62-59-56-21-18-15-12-9-6-3)82-76(79)70-67-64-61-58-55-53-51-49-47-44-31-29-27-25-23-20-17-14-11-8-5-2/h7,10,12,15-16,19,23-26,29-32,34-35,37-38,40-41,43,45,48,50,54,57,73H,4-6,8-9,11,13-14,17-18,20-22,27-28,33,36,39,42,44,46-47,49,51-53,55-56,58-72H2,1-3H3/b10-7-,15-12-,19-16-,25-23-,26-24-,31-29-,32-30-,35-34-,38-37-,41-40-,45-43-,50-48-,57-54-. The molecule has 0 aliphatic rings. The van der Waals surface area contributed by atoms with Crippen LogP contribution in [0.1, 0.15) is 284 Å². The Labute approximate surface area is 505 Å². The first kappa shape index (κ1) is 77.0. The fraction of sp³-hybridized carbons (Fsp3) is 0.618. The molecule has 6 nitrogen and oxygen atoms in total. The number of rotatable bonds is 59. The van der Waals surface area contributed by atoms with Crippen molar-refractivity contribution in [3.05, 3.63) is 158 Å². The molecule has 0 N–H and O–H groups in total. The van der Waals surface area contributed by atoms with Crippen molar-refractivity contribution >= 4 is 17.9 Å². The minimum atomic E-state index is -0.809. The molecule has 462 valence electrons. The summed E-state index contributed by atoms with van der Waals surface area (Å²) in [5, 5.41) is 0. The molecule has 1 atom stereocenters. The van der Waals surface area contributed by atoms with Crippen LogP contribution in [0.3, 0.4) is 0 Å². The third kappa shape index (κ3) is 65.8. The summed E-state index contributed by atoms with van der Waals surface area (Å²) in [7, 11) is 0. The normalized spacial score (nSPS) is 13.2. The molecule has 0 bridgehead atoms. The van der Waals surface area contributed by atoms with Crippen LogP contribution in [0.2, 0.25) is 0 Å². The zero-order valence-corrected chi connectivity index (χ0v) is 52.9. The number of esters is 3. The molecule has 0 amide bonds. The van der Waals surface area contributed by atoms with Gasteiger partial charge in [-0.1, -0.05) is 275 Å². The van der Waals surface area contributed by atoms with E-state index in [-0.39, 0.29) is 31.1 Å². The second kappa shape index (κ2) is 68.5. The molecule has 0 saturated carbocycles. The van der Waals surface area contributed by atoms with Crippen molar-refractivity contribution in [1.29, 1.82) is 0 Å². The van der Waals surface area contributed by atoms with Gasteiger partial charge in [0, 0.05) is 19.3 Å². The predicted octanol–water partition coefficient (Wildman–Crippen LogP) is 23.3. The smallest absolute Gasteiger partial charge is 0.306 e. The topological polar surface area (TPSA) is 78.9 Å². The van der Waals surface area contributed by atoms with Crippen molar-refractivity contribution in [3.63, 3.8) is 0 Å². The number of hydrogen-bond acceptors (Lipinski definition) is 6. The molecule has 0 aromatic heterocycles. The molecule has 0 aliphatic heterocycles. The van der Waals surface area contributed by atoms with E-state index >= 15 is 0 Å². The monoisotopic (exact) mass is 1130 g/mol.